The Morgan fingerprint density at radius 1 is 0.692 bits per heavy atom. The van der Waals surface area contributed by atoms with Crippen LogP contribution >= 0.6 is 67.6 Å². The summed E-state index contributed by atoms with van der Waals surface area (Å²) in [5.74, 6) is 5.22. The molecule has 0 rings (SSSR count). The van der Waals surface area contributed by atoms with Crippen molar-refractivity contribution in [1.29, 1.82) is 0 Å². The van der Waals surface area contributed by atoms with Crippen molar-refractivity contribution in [2.45, 2.75) is 35.1 Å². The molecule has 0 aromatic carbocycles. The average Bonchev–Trinajstić information content (AvgIpc) is 3.10. The van der Waals surface area contributed by atoms with Crippen LogP contribution in [0.2, 0.25) is 0 Å². The van der Waals surface area contributed by atoms with E-state index in [-0.39, 0.29) is 32.3 Å². The highest BCUT2D eigenvalue weighted by Crippen LogP contribution is 2.19. The quantitative estimate of drug-likeness (QED) is 0.0441. The van der Waals surface area contributed by atoms with Gasteiger partial charge in [0.2, 0.25) is 17.7 Å². The van der Waals surface area contributed by atoms with E-state index in [1.807, 2.05) is 0 Å². The second-order valence-corrected chi connectivity index (χ2v) is 19.4. The first-order valence-corrected chi connectivity index (χ1v) is 24.9. The first kappa shape index (κ1) is 62.9. The van der Waals surface area contributed by atoms with Gasteiger partial charge in [0.05, 0.1) is 5.75 Å². The molecule has 0 aromatic heterocycles. The van der Waals surface area contributed by atoms with Crippen molar-refractivity contribution >= 4 is 111 Å². The Morgan fingerprint density at radius 2 is 1.02 bits per heavy atom. The second kappa shape index (κ2) is 52.1. The molecule has 0 fully saturated rings. The van der Waals surface area contributed by atoms with E-state index in [1.54, 1.807) is 43.2 Å². The van der Waals surface area contributed by atoms with Gasteiger partial charge in [-0.2, -0.15) is 24.4 Å². The minimum atomic E-state index is -3.13. The highest BCUT2D eigenvalue weighted by Gasteiger charge is 2.03. The van der Waals surface area contributed by atoms with Gasteiger partial charge in [0.15, 0.2) is 19.7 Å². The minimum absolute atomic E-state index is 0. The van der Waals surface area contributed by atoms with Gasteiger partial charge in [-0.15, -0.1) is 0 Å². The van der Waals surface area contributed by atoms with E-state index in [0.29, 0.717) is 24.6 Å². The molecule has 0 aliphatic carbocycles. The number of aliphatic carboxylic acids is 1. The predicted octanol–water partition coefficient (Wildman–Crippen LogP) is 3.12. The maximum absolute atomic E-state index is 10.9. The summed E-state index contributed by atoms with van der Waals surface area (Å²) in [6, 6.07) is 0. The Hall–Kier alpha value is -1.02. The molecule has 0 unspecified atom stereocenters. The van der Waals surface area contributed by atoms with Gasteiger partial charge in [0.25, 0.3) is 5.97 Å². The lowest BCUT2D eigenvalue weighted by Gasteiger charge is -2.01. The molecule has 0 radical (unpaired) electrons. The summed E-state index contributed by atoms with van der Waals surface area (Å²) >= 11 is 5.38. The van der Waals surface area contributed by atoms with E-state index in [0.717, 1.165) is 78.1 Å². The molecule has 23 heteroatoms. The molecule has 0 heterocycles. The number of carbonyl (C=O) groups is 4. The van der Waals surface area contributed by atoms with Crippen molar-refractivity contribution in [2.75, 3.05) is 85.3 Å². The van der Waals surface area contributed by atoms with Crippen molar-refractivity contribution < 1.29 is 45.5 Å². The summed E-state index contributed by atoms with van der Waals surface area (Å²) in [7, 11) is 0.869. The monoisotopic (exact) mass is 905 g/mol. The van der Waals surface area contributed by atoms with Crippen LogP contribution in [-0.2, 0) is 38.9 Å². The van der Waals surface area contributed by atoms with Gasteiger partial charge in [0.1, 0.15) is 0 Å². The van der Waals surface area contributed by atoms with Gasteiger partial charge in [-0.1, -0.05) is 70.3 Å². The van der Waals surface area contributed by atoms with Crippen molar-refractivity contribution in [2.24, 2.45) is 17.2 Å². The first-order chi connectivity index (χ1) is 24.8. The standard InChI is InChI=1S/C8H15NO3S2.C6H14N2OS2.C4H12N2S2.C4H9NOS.C4H6O2S.C2H4O2.CH4.2H2/c1-3-14(11,12)7-6-13-5-4-9-8(2)10;1-6(9)8-3-5-11-10-4-2-7;5-1-3-7-8-4-2-6;1-4(6)5-2-3-7;1-3-7(5,6)4-2;1-2(3)4;;;/h3H,1,4-7H2,2H3,(H,9,10);2-5,7H2,1H3,(H,8,9);1-6H2;7H,2-3H2,1H3,(H,5,6);3-4H,1-2H2;1H3,(H,3,4);1H4;2*1H/i;;;;;;;1+2D;1+2. The molecule has 52 heavy (non-hydrogen) atoms. The van der Waals surface area contributed by atoms with Gasteiger partial charge in [-0.05, 0) is 0 Å². The molecule has 0 aliphatic heterocycles. The zero-order valence-electron chi connectivity index (χ0n) is 32.0. The number of hydrogen-bond donors (Lipinski definition) is 8. The van der Waals surface area contributed by atoms with Crippen LogP contribution in [0.5, 0.6) is 0 Å². The minimum Gasteiger partial charge on any atom is -0.481 e. The summed E-state index contributed by atoms with van der Waals surface area (Å²) in [6.07, 6.45) is 0. The van der Waals surface area contributed by atoms with Crippen LogP contribution in [0.15, 0.2) is 36.0 Å². The molecule has 0 saturated heterocycles. The van der Waals surface area contributed by atoms with E-state index in [9.17, 15) is 31.2 Å². The number of carboxylic acids is 1. The molecule has 0 saturated carbocycles. The molecule has 10 N–H and O–H groups in total. The van der Waals surface area contributed by atoms with Crippen LogP contribution in [0.1, 0.15) is 39.5 Å². The molecule has 316 valence electrons. The molecule has 15 nitrogen and oxygen atoms in total. The maximum Gasteiger partial charge on any atom is 0.300 e. The fraction of sp³-hybridized carbons (Fsp3) is 0.655. The lowest BCUT2D eigenvalue weighted by atomic mass is 10.6. The van der Waals surface area contributed by atoms with Crippen molar-refractivity contribution in [3.05, 3.63) is 36.0 Å². The lowest BCUT2D eigenvalue weighted by molar-refractivity contribution is -0.134. The topological polar surface area (TPSA) is 271 Å². The van der Waals surface area contributed by atoms with E-state index in [1.165, 1.54) is 32.5 Å². The van der Waals surface area contributed by atoms with E-state index in [4.69, 9.17) is 30.1 Å². The molecule has 0 atom stereocenters. The number of hydrogen-bond acceptors (Lipinski definition) is 17. The maximum atomic E-state index is 10.9. The molecule has 0 bridgehead atoms. The van der Waals surface area contributed by atoms with Gasteiger partial charge in [0, 0.05) is 128 Å². The Labute approximate surface area is 343 Å². The van der Waals surface area contributed by atoms with Crippen molar-refractivity contribution in [1.82, 2.24) is 16.0 Å². The van der Waals surface area contributed by atoms with Crippen LogP contribution in [0.3, 0.4) is 0 Å². The summed E-state index contributed by atoms with van der Waals surface area (Å²) in [5.41, 5.74) is 15.8. The van der Waals surface area contributed by atoms with Crippen LogP contribution in [0.4, 0.5) is 0 Å². The molecule has 0 aromatic rings. The molecular formula is C29H68N6O9S8. The fourth-order valence-electron chi connectivity index (χ4n) is 1.61. The summed E-state index contributed by atoms with van der Waals surface area (Å²) in [4.78, 5) is 39.9. The summed E-state index contributed by atoms with van der Waals surface area (Å²) < 4.78 is 52.1. The fourth-order valence-corrected chi connectivity index (χ4v) is 7.35. The zero-order valence-corrected chi connectivity index (χ0v) is 36.6. The van der Waals surface area contributed by atoms with E-state index in [2.05, 4.69) is 48.3 Å². The number of carbonyl (C=O) groups excluding carboxylic acids is 3. The van der Waals surface area contributed by atoms with Crippen LogP contribution in [0.25, 0.3) is 0 Å². The largest absolute Gasteiger partial charge is 0.481 e. The van der Waals surface area contributed by atoms with Gasteiger partial charge in [-0.3, -0.25) is 19.2 Å². The molecule has 3 amide bonds. The number of amides is 3. The van der Waals surface area contributed by atoms with E-state index < -0.39 is 25.6 Å². The SMILES string of the molecule is C.C=CS(=O)(=O)C=C.C=CS(=O)(=O)CCSCCNC(C)=O.CC(=O)NCCS.CC(=O)NCCSSCCN.CC(=O)O.NCCSSCCN.[2H][3H].[3HH]. The number of carboxylic acid groups (broad SMARTS) is 1. The number of sulfone groups is 2. The van der Waals surface area contributed by atoms with Crippen LogP contribution < -0.4 is 33.2 Å². The van der Waals surface area contributed by atoms with E-state index >= 15 is 0 Å². The first-order valence-electron chi connectivity index (χ1n) is 15.8. The Kier molecular flexibility index (Phi) is 63.0. The third kappa shape index (κ3) is 92.2. The number of rotatable bonds is 22. The predicted molar refractivity (Wildman–Crippen MR) is 242 cm³/mol. The smallest absolute Gasteiger partial charge is 0.300 e. The molecular weight excluding hydrogens is 833 g/mol. The normalized spacial score (nSPS) is 9.62. The summed E-state index contributed by atoms with van der Waals surface area (Å²) in [6.45, 7) is 19.1. The third-order valence-electron chi connectivity index (χ3n) is 3.67. The lowest BCUT2D eigenvalue weighted by Crippen LogP contribution is -2.22. The number of thiol groups is 1. The average molecular weight is 906 g/mol. The van der Waals surface area contributed by atoms with Crippen LogP contribution in [-0.4, -0.2) is 131 Å². The highest BCUT2D eigenvalue weighted by molar-refractivity contribution is 8.77. The van der Waals surface area contributed by atoms with Crippen molar-refractivity contribution in [3.63, 3.8) is 0 Å². The third-order valence-corrected chi connectivity index (χ3v) is 12.3. The summed E-state index contributed by atoms with van der Waals surface area (Å²) in [5, 5.41) is 18.0. The zero-order chi connectivity index (χ0) is 43.0. The number of nitrogens with one attached hydrogen (secondary N) is 3. The Bertz CT molecular complexity index is 1100. The van der Waals surface area contributed by atoms with Crippen LogP contribution in [0, 0.1) is 0 Å². The van der Waals surface area contributed by atoms with Crippen molar-refractivity contribution in [3.8, 4) is 0 Å². The second-order valence-electron chi connectivity index (χ2n) is 8.41. The molecule has 0 aliphatic rings. The van der Waals surface area contributed by atoms with Gasteiger partial charge < -0.3 is 38.3 Å². The van der Waals surface area contributed by atoms with Gasteiger partial charge >= 0.3 is 0 Å². The highest BCUT2D eigenvalue weighted by atomic mass is 33.1. The number of nitrogens with two attached hydrogens (primary N) is 3. The van der Waals surface area contributed by atoms with Gasteiger partial charge in [-0.25, -0.2) is 16.8 Å². The molecule has 0 spiro atoms. The Morgan fingerprint density at radius 3 is 1.27 bits per heavy atom. The Balaban J connectivity index is -0.0000000671. The number of thioether (sulfide) groups is 1.